The molecular weight excluding hydrogens is 364 g/mol. The van der Waals surface area contributed by atoms with Gasteiger partial charge in [-0.2, -0.15) is 4.31 Å². The molecule has 3 heterocycles. The number of rotatable bonds is 3. The first-order chi connectivity index (χ1) is 13.0. The van der Waals surface area contributed by atoms with Crippen LogP contribution in [0, 0.1) is 0 Å². The van der Waals surface area contributed by atoms with Crippen molar-refractivity contribution in [3.63, 3.8) is 0 Å². The summed E-state index contributed by atoms with van der Waals surface area (Å²) in [7, 11) is -3.15. The van der Waals surface area contributed by atoms with Crippen LogP contribution >= 0.6 is 0 Å². The van der Waals surface area contributed by atoms with Crippen molar-refractivity contribution < 1.29 is 13.2 Å². The quantitative estimate of drug-likeness (QED) is 0.871. The summed E-state index contributed by atoms with van der Waals surface area (Å²) in [6.45, 7) is 2.09. The molecule has 0 saturated carbocycles. The van der Waals surface area contributed by atoms with Gasteiger partial charge in [-0.05, 0) is 30.9 Å². The van der Waals surface area contributed by atoms with Crippen LogP contribution in [0.15, 0.2) is 36.5 Å². The summed E-state index contributed by atoms with van der Waals surface area (Å²) in [5, 5.41) is 4.01. The first kappa shape index (κ1) is 18.2. The van der Waals surface area contributed by atoms with Crippen molar-refractivity contribution >= 4 is 27.0 Å². The minimum atomic E-state index is -3.15. The molecular formula is C19H24N4O3S. The highest BCUT2D eigenvalue weighted by Crippen LogP contribution is 2.24. The Morgan fingerprint density at radius 3 is 2.85 bits per heavy atom. The van der Waals surface area contributed by atoms with Gasteiger partial charge >= 0.3 is 6.03 Å². The molecule has 1 unspecified atom stereocenters. The molecule has 7 nitrogen and oxygen atoms in total. The van der Waals surface area contributed by atoms with Crippen molar-refractivity contribution in [1.82, 2.24) is 19.5 Å². The second kappa shape index (κ2) is 7.44. The number of hydrogen-bond donors (Lipinski definition) is 1. The lowest BCUT2D eigenvalue weighted by Gasteiger charge is -2.36. The Bertz CT molecular complexity index is 942. The topological polar surface area (TPSA) is 82.6 Å². The maximum Gasteiger partial charge on any atom is 0.317 e. The van der Waals surface area contributed by atoms with E-state index in [1.807, 2.05) is 30.3 Å². The van der Waals surface area contributed by atoms with Gasteiger partial charge in [-0.25, -0.2) is 13.2 Å². The van der Waals surface area contributed by atoms with E-state index in [0.29, 0.717) is 32.6 Å². The standard InChI is InChI=1S/C19H24N4O3S/c24-19(21-13-16-6-1-5-15-7-2-9-20-18(15)16)22-10-3-8-17(14-22)23-11-4-12-27(23,25)26/h1-2,5-7,9,17H,3-4,8,10-14H2,(H,21,24). The van der Waals surface area contributed by atoms with E-state index < -0.39 is 10.0 Å². The number of piperidine rings is 1. The highest BCUT2D eigenvalue weighted by atomic mass is 32.2. The molecule has 0 radical (unpaired) electrons. The predicted octanol–water partition coefficient (Wildman–Crippen LogP) is 1.94. The number of hydrogen-bond acceptors (Lipinski definition) is 4. The molecule has 0 spiro atoms. The average molecular weight is 388 g/mol. The predicted molar refractivity (Wildman–Crippen MR) is 104 cm³/mol. The molecule has 2 saturated heterocycles. The fourth-order valence-corrected chi connectivity index (χ4v) is 5.80. The van der Waals surface area contributed by atoms with Crippen LogP contribution < -0.4 is 5.32 Å². The van der Waals surface area contributed by atoms with Crippen LogP contribution in [-0.4, -0.2) is 60.1 Å². The van der Waals surface area contributed by atoms with Gasteiger partial charge in [-0.3, -0.25) is 4.98 Å². The van der Waals surface area contributed by atoms with Gasteiger partial charge in [0, 0.05) is 43.8 Å². The number of urea groups is 1. The molecule has 2 fully saturated rings. The molecule has 1 aromatic heterocycles. The van der Waals surface area contributed by atoms with Crippen molar-refractivity contribution in [2.45, 2.75) is 31.8 Å². The molecule has 27 heavy (non-hydrogen) atoms. The maximum atomic E-state index is 12.7. The fourth-order valence-electron chi connectivity index (χ4n) is 4.04. The normalized spacial score (nSPS) is 22.8. The van der Waals surface area contributed by atoms with Crippen molar-refractivity contribution in [3.8, 4) is 0 Å². The zero-order valence-corrected chi connectivity index (χ0v) is 16.0. The highest BCUT2D eigenvalue weighted by Gasteiger charge is 2.37. The largest absolute Gasteiger partial charge is 0.334 e. The van der Waals surface area contributed by atoms with Crippen LogP contribution in [-0.2, 0) is 16.6 Å². The van der Waals surface area contributed by atoms with E-state index in [2.05, 4.69) is 10.3 Å². The Kier molecular flexibility index (Phi) is 5.01. The Labute approximate surface area is 159 Å². The minimum absolute atomic E-state index is 0.101. The molecule has 8 heteroatoms. The van der Waals surface area contributed by atoms with Crippen LogP contribution in [0.1, 0.15) is 24.8 Å². The summed E-state index contributed by atoms with van der Waals surface area (Å²) in [6.07, 6.45) is 4.06. The van der Waals surface area contributed by atoms with E-state index >= 15 is 0 Å². The van der Waals surface area contributed by atoms with Gasteiger partial charge in [-0.15, -0.1) is 0 Å². The van der Waals surface area contributed by atoms with E-state index in [-0.39, 0.29) is 17.8 Å². The molecule has 1 aromatic carbocycles. The Hall–Kier alpha value is -2.19. The molecule has 2 aliphatic heterocycles. The van der Waals surface area contributed by atoms with Crippen LogP contribution in [0.4, 0.5) is 4.79 Å². The Morgan fingerprint density at radius 2 is 2.04 bits per heavy atom. The smallest absolute Gasteiger partial charge is 0.317 e. The summed E-state index contributed by atoms with van der Waals surface area (Å²) in [4.78, 5) is 18.8. The monoisotopic (exact) mass is 388 g/mol. The number of carbonyl (C=O) groups is 1. The van der Waals surface area contributed by atoms with E-state index in [0.717, 1.165) is 29.3 Å². The number of nitrogens with zero attached hydrogens (tertiary/aromatic N) is 3. The number of amides is 2. The van der Waals surface area contributed by atoms with E-state index in [4.69, 9.17) is 0 Å². The van der Waals surface area contributed by atoms with Gasteiger partial charge in [0.25, 0.3) is 0 Å². The lowest BCUT2D eigenvalue weighted by Crippen LogP contribution is -2.52. The highest BCUT2D eigenvalue weighted by molar-refractivity contribution is 7.89. The number of likely N-dealkylation sites (tertiary alicyclic amines) is 1. The first-order valence-electron chi connectivity index (χ1n) is 9.39. The molecule has 1 atom stereocenters. The van der Waals surface area contributed by atoms with Gasteiger partial charge in [-0.1, -0.05) is 24.3 Å². The molecule has 2 aliphatic rings. The third-order valence-electron chi connectivity index (χ3n) is 5.38. The second-order valence-corrected chi connectivity index (χ2v) is 9.21. The van der Waals surface area contributed by atoms with Gasteiger partial charge in [0.15, 0.2) is 0 Å². The summed E-state index contributed by atoms with van der Waals surface area (Å²) < 4.78 is 25.9. The number of nitrogens with one attached hydrogen (secondary N) is 1. The van der Waals surface area contributed by atoms with Gasteiger partial charge in [0.2, 0.25) is 10.0 Å². The summed E-state index contributed by atoms with van der Waals surface area (Å²) in [6, 6.07) is 9.57. The summed E-state index contributed by atoms with van der Waals surface area (Å²) in [5.74, 6) is 0.226. The van der Waals surface area contributed by atoms with E-state index in [9.17, 15) is 13.2 Å². The number of benzene rings is 1. The lowest BCUT2D eigenvalue weighted by molar-refractivity contribution is 0.153. The third kappa shape index (κ3) is 3.77. The molecule has 2 aromatic rings. The Balaban J connectivity index is 1.41. The maximum absolute atomic E-state index is 12.7. The second-order valence-electron chi connectivity index (χ2n) is 7.17. The van der Waals surface area contributed by atoms with E-state index in [1.54, 1.807) is 15.4 Å². The van der Waals surface area contributed by atoms with Crippen LogP contribution in [0.5, 0.6) is 0 Å². The molecule has 2 amide bonds. The molecule has 4 rings (SSSR count). The molecule has 144 valence electrons. The Morgan fingerprint density at radius 1 is 1.19 bits per heavy atom. The zero-order chi connectivity index (χ0) is 18.9. The third-order valence-corrected chi connectivity index (χ3v) is 7.38. The van der Waals surface area contributed by atoms with Crippen molar-refractivity contribution in [1.29, 1.82) is 0 Å². The van der Waals surface area contributed by atoms with Gasteiger partial charge in [0.1, 0.15) is 0 Å². The van der Waals surface area contributed by atoms with Gasteiger partial charge in [0.05, 0.1) is 11.3 Å². The SMILES string of the molecule is O=C(NCc1cccc2cccnc12)N1CCCC(N2CCCS2(=O)=O)C1. The van der Waals surface area contributed by atoms with Crippen molar-refractivity contribution in [2.75, 3.05) is 25.4 Å². The molecule has 0 aliphatic carbocycles. The van der Waals surface area contributed by atoms with Crippen molar-refractivity contribution in [2.24, 2.45) is 0 Å². The average Bonchev–Trinajstić information content (AvgIpc) is 3.05. The zero-order valence-electron chi connectivity index (χ0n) is 15.2. The van der Waals surface area contributed by atoms with Crippen LogP contribution in [0.3, 0.4) is 0 Å². The van der Waals surface area contributed by atoms with Crippen LogP contribution in [0.25, 0.3) is 10.9 Å². The fraction of sp³-hybridized carbons (Fsp3) is 0.474. The van der Waals surface area contributed by atoms with Crippen molar-refractivity contribution in [3.05, 3.63) is 42.1 Å². The number of pyridine rings is 1. The lowest BCUT2D eigenvalue weighted by atomic mass is 10.1. The summed E-state index contributed by atoms with van der Waals surface area (Å²) >= 11 is 0. The first-order valence-corrected chi connectivity index (χ1v) is 11.0. The number of aromatic nitrogens is 1. The number of sulfonamides is 1. The number of para-hydroxylation sites is 1. The summed E-state index contributed by atoms with van der Waals surface area (Å²) in [5.41, 5.74) is 1.86. The minimum Gasteiger partial charge on any atom is -0.334 e. The molecule has 0 bridgehead atoms. The van der Waals surface area contributed by atoms with Crippen LogP contribution in [0.2, 0.25) is 0 Å². The number of fused-ring (bicyclic) bond motifs is 1. The number of carbonyl (C=O) groups excluding carboxylic acids is 1. The molecule has 1 N–H and O–H groups in total. The van der Waals surface area contributed by atoms with Gasteiger partial charge < -0.3 is 10.2 Å². The van der Waals surface area contributed by atoms with E-state index in [1.165, 1.54) is 0 Å².